The molecule has 0 unspecified atom stereocenters. The number of nitrogens with zero attached hydrogens (tertiary/aromatic N) is 2. The highest BCUT2D eigenvalue weighted by Crippen LogP contribution is 2.20. The average molecular weight is 270 g/mol. The first-order valence-corrected chi connectivity index (χ1v) is 6.84. The molecule has 0 spiro atoms. The van der Waals surface area contributed by atoms with Gasteiger partial charge in [0.05, 0.1) is 25.1 Å². The maximum Gasteiger partial charge on any atom is 0.145 e. The molecule has 2 heterocycles. The predicted octanol–water partition coefficient (Wildman–Crippen LogP) is 3.18. The standard InChI is InChI=1S/C16H18N2O2/c1-13-2-7-16(20-13)12-17-14-3-5-15(6-4-14)18-8-10-19-11-9-18/h2-7,12H,8-11H2,1H3. The summed E-state index contributed by atoms with van der Waals surface area (Å²) in [4.78, 5) is 6.74. The summed E-state index contributed by atoms with van der Waals surface area (Å²) in [5, 5.41) is 0. The normalized spacial score (nSPS) is 15.9. The van der Waals surface area contributed by atoms with Crippen molar-refractivity contribution < 1.29 is 9.15 Å². The van der Waals surface area contributed by atoms with E-state index in [4.69, 9.17) is 9.15 Å². The van der Waals surface area contributed by atoms with Crippen molar-refractivity contribution in [3.8, 4) is 0 Å². The Kier molecular flexibility index (Phi) is 3.83. The van der Waals surface area contributed by atoms with Crippen molar-refractivity contribution in [2.75, 3.05) is 31.2 Å². The number of morpholine rings is 1. The van der Waals surface area contributed by atoms with E-state index in [1.165, 1.54) is 5.69 Å². The van der Waals surface area contributed by atoms with Crippen LogP contribution in [0.4, 0.5) is 11.4 Å². The van der Waals surface area contributed by atoms with Crippen LogP contribution in [-0.2, 0) is 4.74 Å². The molecule has 20 heavy (non-hydrogen) atoms. The van der Waals surface area contributed by atoms with Crippen LogP contribution in [0.3, 0.4) is 0 Å². The zero-order chi connectivity index (χ0) is 13.8. The second-order valence-corrected chi connectivity index (χ2v) is 4.82. The molecular weight excluding hydrogens is 252 g/mol. The highest BCUT2D eigenvalue weighted by atomic mass is 16.5. The Morgan fingerprint density at radius 1 is 1.05 bits per heavy atom. The summed E-state index contributed by atoms with van der Waals surface area (Å²) in [6.07, 6.45) is 1.75. The predicted molar refractivity (Wildman–Crippen MR) is 80.2 cm³/mol. The lowest BCUT2D eigenvalue weighted by molar-refractivity contribution is 0.122. The van der Waals surface area contributed by atoms with Crippen LogP contribution in [0, 0.1) is 6.92 Å². The molecule has 3 rings (SSSR count). The van der Waals surface area contributed by atoms with E-state index in [0.29, 0.717) is 0 Å². The molecule has 2 aromatic rings. The molecule has 0 aliphatic carbocycles. The Morgan fingerprint density at radius 3 is 2.45 bits per heavy atom. The van der Waals surface area contributed by atoms with Crippen LogP contribution in [0.5, 0.6) is 0 Å². The number of aryl methyl sites for hydroxylation is 1. The first-order chi connectivity index (χ1) is 9.81. The number of hydrogen-bond acceptors (Lipinski definition) is 4. The van der Waals surface area contributed by atoms with Crippen molar-refractivity contribution in [3.05, 3.63) is 47.9 Å². The molecule has 1 aromatic carbocycles. The molecule has 1 aliphatic heterocycles. The summed E-state index contributed by atoms with van der Waals surface area (Å²) in [6.45, 7) is 5.44. The monoisotopic (exact) mass is 270 g/mol. The first-order valence-electron chi connectivity index (χ1n) is 6.84. The maximum absolute atomic E-state index is 5.45. The quantitative estimate of drug-likeness (QED) is 0.804. The maximum atomic E-state index is 5.45. The van der Waals surface area contributed by atoms with E-state index in [9.17, 15) is 0 Å². The van der Waals surface area contributed by atoms with Crippen LogP contribution in [-0.4, -0.2) is 32.5 Å². The number of anilines is 1. The van der Waals surface area contributed by atoms with Gasteiger partial charge in [-0.2, -0.15) is 0 Å². The van der Waals surface area contributed by atoms with Gasteiger partial charge in [0.25, 0.3) is 0 Å². The summed E-state index contributed by atoms with van der Waals surface area (Å²) in [7, 11) is 0. The molecule has 4 nitrogen and oxygen atoms in total. The number of aliphatic imine (C=N–C) groups is 1. The highest BCUT2D eigenvalue weighted by Gasteiger charge is 2.10. The molecule has 0 atom stereocenters. The Labute approximate surface area is 118 Å². The summed E-state index contributed by atoms with van der Waals surface area (Å²) in [5.74, 6) is 1.67. The van der Waals surface area contributed by atoms with Crippen LogP contribution in [0.15, 0.2) is 45.8 Å². The van der Waals surface area contributed by atoms with Crippen LogP contribution < -0.4 is 4.90 Å². The highest BCUT2D eigenvalue weighted by molar-refractivity contribution is 5.78. The number of furan rings is 1. The second-order valence-electron chi connectivity index (χ2n) is 4.82. The molecular formula is C16H18N2O2. The zero-order valence-corrected chi connectivity index (χ0v) is 11.6. The molecule has 1 aliphatic rings. The number of hydrogen-bond donors (Lipinski definition) is 0. The lowest BCUT2D eigenvalue weighted by Crippen LogP contribution is -2.36. The van der Waals surface area contributed by atoms with Crippen molar-refractivity contribution in [1.29, 1.82) is 0 Å². The van der Waals surface area contributed by atoms with E-state index < -0.39 is 0 Å². The van der Waals surface area contributed by atoms with Crippen molar-refractivity contribution in [2.45, 2.75) is 6.92 Å². The Hall–Kier alpha value is -2.07. The third-order valence-corrected chi connectivity index (χ3v) is 3.33. The van der Waals surface area contributed by atoms with Crippen molar-refractivity contribution >= 4 is 17.6 Å². The van der Waals surface area contributed by atoms with Gasteiger partial charge in [0.2, 0.25) is 0 Å². The SMILES string of the molecule is Cc1ccc(C=Nc2ccc(N3CCOCC3)cc2)o1. The van der Waals surface area contributed by atoms with Crippen molar-refractivity contribution in [3.63, 3.8) is 0 Å². The van der Waals surface area contributed by atoms with E-state index in [2.05, 4.69) is 22.0 Å². The topological polar surface area (TPSA) is 38.0 Å². The summed E-state index contributed by atoms with van der Waals surface area (Å²) in [6, 6.07) is 12.1. The van der Waals surface area contributed by atoms with Gasteiger partial charge >= 0.3 is 0 Å². The number of benzene rings is 1. The van der Waals surface area contributed by atoms with Gasteiger partial charge in [0.15, 0.2) is 0 Å². The molecule has 0 saturated carbocycles. The van der Waals surface area contributed by atoms with Gasteiger partial charge in [-0.25, -0.2) is 0 Å². The largest absolute Gasteiger partial charge is 0.460 e. The van der Waals surface area contributed by atoms with E-state index in [1.807, 2.05) is 31.2 Å². The second kappa shape index (κ2) is 5.92. The average Bonchev–Trinajstić information content (AvgIpc) is 2.92. The fraction of sp³-hybridized carbons (Fsp3) is 0.312. The molecule has 1 aromatic heterocycles. The minimum Gasteiger partial charge on any atom is -0.460 e. The molecule has 104 valence electrons. The van der Waals surface area contributed by atoms with E-state index in [-0.39, 0.29) is 0 Å². The minimum atomic E-state index is 0.778. The Balaban J connectivity index is 1.68. The lowest BCUT2D eigenvalue weighted by Gasteiger charge is -2.28. The Morgan fingerprint density at radius 2 is 1.80 bits per heavy atom. The van der Waals surface area contributed by atoms with Crippen molar-refractivity contribution in [1.82, 2.24) is 0 Å². The summed E-state index contributed by atoms with van der Waals surface area (Å²) < 4.78 is 10.8. The summed E-state index contributed by atoms with van der Waals surface area (Å²) in [5.41, 5.74) is 2.15. The molecule has 0 bridgehead atoms. The smallest absolute Gasteiger partial charge is 0.145 e. The van der Waals surface area contributed by atoms with Crippen LogP contribution in [0.1, 0.15) is 11.5 Å². The fourth-order valence-electron chi connectivity index (χ4n) is 2.23. The van der Waals surface area contributed by atoms with E-state index in [1.54, 1.807) is 6.21 Å². The van der Waals surface area contributed by atoms with Crippen LogP contribution in [0.25, 0.3) is 0 Å². The molecule has 0 amide bonds. The third-order valence-electron chi connectivity index (χ3n) is 3.33. The van der Waals surface area contributed by atoms with Gasteiger partial charge in [-0.1, -0.05) is 0 Å². The first kappa shape index (κ1) is 12.9. The number of ether oxygens (including phenoxy) is 1. The van der Waals surface area contributed by atoms with Gasteiger partial charge in [-0.05, 0) is 43.3 Å². The van der Waals surface area contributed by atoms with E-state index >= 15 is 0 Å². The third kappa shape index (κ3) is 3.08. The van der Waals surface area contributed by atoms with Gasteiger partial charge in [0, 0.05) is 18.8 Å². The Bertz CT molecular complexity index is 581. The van der Waals surface area contributed by atoms with Crippen LogP contribution in [0.2, 0.25) is 0 Å². The van der Waals surface area contributed by atoms with Gasteiger partial charge in [-0.15, -0.1) is 0 Å². The fourth-order valence-corrected chi connectivity index (χ4v) is 2.23. The lowest BCUT2D eigenvalue weighted by atomic mass is 10.2. The molecule has 0 radical (unpaired) electrons. The van der Waals surface area contributed by atoms with Gasteiger partial charge in [-0.3, -0.25) is 4.99 Å². The van der Waals surface area contributed by atoms with Crippen molar-refractivity contribution in [2.24, 2.45) is 4.99 Å². The molecule has 4 heteroatoms. The van der Waals surface area contributed by atoms with Gasteiger partial charge in [0.1, 0.15) is 11.5 Å². The van der Waals surface area contributed by atoms with Gasteiger partial charge < -0.3 is 14.1 Å². The minimum absolute atomic E-state index is 0.778. The molecule has 1 fully saturated rings. The van der Waals surface area contributed by atoms with E-state index in [0.717, 1.165) is 43.5 Å². The van der Waals surface area contributed by atoms with Crippen LogP contribution >= 0.6 is 0 Å². The molecule has 1 saturated heterocycles. The number of rotatable bonds is 3. The summed E-state index contributed by atoms with van der Waals surface area (Å²) >= 11 is 0. The zero-order valence-electron chi connectivity index (χ0n) is 11.6. The molecule has 0 N–H and O–H groups in total.